The first-order valence-electron chi connectivity index (χ1n) is 9.15. The third kappa shape index (κ3) is 1.83. The lowest BCUT2D eigenvalue weighted by molar-refractivity contribution is 0.265. The van der Waals surface area contributed by atoms with Crippen LogP contribution in [0, 0.1) is 0 Å². The number of aromatic amines is 1. The first kappa shape index (κ1) is 16.1. The van der Waals surface area contributed by atoms with E-state index in [-0.39, 0.29) is 17.5 Å². The van der Waals surface area contributed by atoms with Gasteiger partial charge in [0, 0.05) is 25.1 Å². The van der Waals surface area contributed by atoms with E-state index in [1.165, 1.54) is 9.25 Å². The molecule has 1 aromatic carbocycles. The number of benzene rings is 1. The molecule has 0 aliphatic heterocycles. The maximum Gasteiger partial charge on any atom is 0.352 e. The highest BCUT2D eigenvalue weighted by Crippen LogP contribution is 2.64. The number of allylic oxidation sites excluding steroid dienone is 1. The Morgan fingerprint density at radius 1 is 1.22 bits per heavy atom. The Hall–Kier alpha value is -3.09. The molecule has 0 amide bonds. The number of aromatic nitrogens is 5. The van der Waals surface area contributed by atoms with Gasteiger partial charge in [-0.25, -0.2) is 23.9 Å². The van der Waals surface area contributed by atoms with E-state index in [0.717, 1.165) is 29.7 Å². The van der Waals surface area contributed by atoms with E-state index in [1.807, 2.05) is 43.0 Å². The van der Waals surface area contributed by atoms with Crippen molar-refractivity contribution in [2.24, 2.45) is 7.05 Å². The van der Waals surface area contributed by atoms with E-state index in [1.54, 1.807) is 12.1 Å². The molecule has 1 N–H and O–H groups in total. The molecular formula is C20H21N5O2. The molecule has 27 heavy (non-hydrogen) atoms. The first-order chi connectivity index (χ1) is 13.0. The van der Waals surface area contributed by atoms with E-state index in [0.29, 0.717) is 5.69 Å². The van der Waals surface area contributed by atoms with Crippen LogP contribution < -0.4 is 11.4 Å². The van der Waals surface area contributed by atoms with Gasteiger partial charge in [0.15, 0.2) is 0 Å². The zero-order valence-corrected chi connectivity index (χ0v) is 15.3. The van der Waals surface area contributed by atoms with Crippen LogP contribution in [0.5, 0.6) is 0 Å². The molecule has 5 rings (SSSR count). The lowest BCUT2D eigenvalue weighted by Gasteiger charge is -2.35. The van der Waals surface area contributed by atoms with Gasteiger partial charge in [-0.3, -0.25) is 4.68 Å². The number of hydrogen-bond donors (Lipinski definition) is 1. The van der Waals surface area contributed by atoms with Crippen LogP contribution in [0.4, 0.5) is 0 Å². The van der Waals surface area contributed by atoms with Crippen molar-refractivity contribution < 1.29 is 0 Å². The van der Waals surface area contributed by atoms with Gasteiger partial charge in [0.05, 0.1) is 11.4 Å². The summed E-state index contributed by atoms with van der Waals surface area (Å²) in [6.45, 7) is 6.18. The molecule has 2 aromatic heterocycles. The number of aryl methyl sites for hydroxylation is 1. The van der Waals surface area contributed by atoms with E-state index >= 15 is 0 Å². The van der Waals surface area contributed by atoms with Gasteiger partial charge in [0.2, 0.25) is 0 Å². The predicted octanol–water partition coefficient (Wildman–Crippen LogP) is 2.01. The molecular weight excluding hydrogens is 342 g/mol. The molecule has 1 fully saturated rings. The number of H-pyrrole nitrogens is 1. The van der Waals surface area contributed by atoms with Crippen molar-refractivity contribution >= 4 is 0 Å². The SMILES string of the molecule is C=C(C)C1(n2[nH]c(=O)n(-c3ccccc3)c2=O)C2CCC1c1nn(C)cc12. The van der Waals surface area contributed by atoms with Gasteiger partial charge in [0.25, 0.3) is 0 Å². The van der Waals surface area contributed by atoms with Gasteiger partial charge in [-0.1, -0.05) is 30.4 Å². The quantitative estimate of drug-likeness (QED) is 0.723. The van der Waals surface area contributed by atoms with Gasteiger partial charge < -0.3 is 0 Å². The molecule has 3 unspecified atom stereocenters. The topological polar surface area (TPSA) is 77.6 Å². The van der Waals surface area contributed by atoms with Crippen LogP contribution in [0.3, 0.4) is 0 Å². The maximum absolute atomic E-state index is 13.4. The molecule has 3 aromatic rings. The number of nitrogens with zero attached hydrogens (tertiary/aromatic N) is 4. The molecule has 1 saturated carbocycles. The monoisotopic (exact) mass is 363 g/mol. The van der Waals surface area contributed by atoms with Crippen LogP contribution >= 0.6 is 0 Å². The Balaban J connectivity index is 1.77. The molecule has 2 heterocycles. The van der Waals surface area contributed by atoms with Crippen molar-refractivity contribution in [1.29, 1.82) is 0 Å². The summed E-state index contributed by atoms with van der Waals surface area (Å²) in [6.07, 6.45) is 3.90. The Labute approximate surface area is 155 Å². The van der Waals surface area contributed by atoms with Gasteiger partial charge in [-0.15, -0.1) is 0 Å². The van der Waals surface area contributed by atoms with Crippen LogP contribution in [0.25, 0.3) is 5.69 Å². The van der Waals surface area contributed by atoms with Crippen molar-refractivity contribution in [3.8, 4) is 5.69 Å². The highest BCUT2D eigenvalue weighted by Gasteiger charge is 2.62. The fraction of sp³-hybridized carbons (Fsp3) is 0.350. The summed E-state index contributed by atoms with van der Waals surface area (Å²) in [4.78, 5) is 26.1. The molecule has 138 valence electrons. The van der Waals surface area contributed by atoms with Crippen LogP contribution in [-0.4, -0.2) is 24.1 Å². The minimum absolute atomic E-state index is 0.0381. The van der Waals surface area contributed by atoms with Crippen molar-refractivity contribution in [2.75, 3.05) is 0 Å². The fourth-order valence-electron chi connectivity index (χ4n) is 5.35. The summed E-state index contributed by atoms with van der Waals surface area (Å²) in [5, 5.41) is 7.49. The van der Waals surface area contributed by atoms with Crippen molar-refractivity contribution in [1.82, 2.24) is 24.1 Å². The number of para-hydroxylation sites is 1. The van der Waals surface area contributed by atoms with Crippen LogP contribution in [0.2, 0.25) is 0 Å². The molecule has 0 radical (unpaired) electrons. The van der Waals surface area contributed by atoms with Crippen molar-refractivity contribution in [2.45, 2.75) is 37.1 Å². The number of rotatable bonds is 3. The smallest absolute Gasteiger partial charge is 0.275 e. The third-order valence-corrected chi connectivity index (χ3v) is 6.26. The highest BCUT2D eigenvalue weighted by molar-refractivity contribution is 5.47. The highest BCUT2D eigenvalue weighted by atomic mass is 16.2. The number of nitrogens with one attached hydrogen (secondary N) is 1. The predicted molar refractivity (Wildman–Crippen MR) is 101 cm³/mol. The zero-order valence-electron chi connectivity index (χ0n) is 15.3. The number of hydrogen-bond acceptors (Lipinski definition) is 3. The van der Waals surface area contributed by atoms with Crippen molar-refractivity contribution in [3.05, 3.63) is 80.9 Å². The summed E-state index contributed by atoms with van der Waals surface area (Å²) < 4.78 is 4.55. The zero-order chi connectivity index (χ0) is 18.9. The van der Waals surface area contributed by atoms with E-state index in [2.05, 4.69) is 16.8 Å². The molecule has 0 saturated heterocycles. The lowest BCUT2D eigenvalue weighted by atomic mass is 9.80. The standard InChI is InChI=1S/C20H21N5O2/c1-12(2)20(15-9-10-16(20)17-14(15)11-23(3)21-17)25-19(27)24(18(26)22-25)13-7-5-4-6-8-13/h4-8,11,15-16H,1,9-10H2,2-3H3,(H,22,26). The summed E-state index contributed by atoms with van der Waals surface area (Å²) in [7, 11) is 1.92. The first-order valence-corrected chi connectivity index (χ1v) is 9.15. The van der Waals surface area contributed by atoms with Gasteiger partial charge in [0.1, 0.15) is 5.54 Å². The Kier molecular flexibility index (Phi) is 3.11. The molecule has 2 bridgehead atoms. The fourth-order valence-corrected chi connectivity index (χ4v) is 5.35. The normalized spacial score (nSPS) is 25.7. The maximum atomic E-state index is 13.4. The minimum Gasteiger partial charge on any atom is -0.275 e. The molecule has 3 atom stereocenters. The minimum atomic E-state index is -0.664. The van der Waals surface area contributed by atoms with Gasteiger partial charge >= 0.3 is 11.4 Å². The molecule has 2 aliphatic rings. The Morgan fingerprint density at radius 2 is 1.93 bits per heavy atom. The number of fused-ring (bicyclic) bond motifs is 5. The largest absolute Gasteiger partial charge is 0.352 e. The summed E-state index contributed by atoms with van der Waals surface area (Å²) in [6, 6.07) is 8.99. The second-order valence-corrected chi connectivity index (χ2v) is 7.64. The van der Waals surface area contributed by atoms with E-state index < -0.39 is 11.2 Å². The summed E-state index contributed by atoms with van der Waals surface area (Å²) >= 11 is 0. The van der Waals surface area contributed by atoms with Crippen LogP contribution in [-0.2, 0) is 12.6 Å². The average Bonchev–Trinajstić information content (AvgIpc) is 3.33. The summed E-state index contributed by atoms with van der Waals surface area (Å²) in [5.41, 5.74) is 2.16. The second-order valence-electron chi connectivity index (χ2n) is 7.64. The second kappa shape index (κ2) is 5.22. The average molecular weight is 363 g/mol. The van der Waals surface area contributed by atoms with E-state index in [4.69, 9.17) is 0 Å². The molecule has 0 spiro atoms. The Morgan fingerprint density at radius 3 is 2.59 bits per heavy atom. The van der Waals surface area contributed by atoms with E-state index in [9.17, 15) is 9.59 Å². The molecule has 2 aliphatic carbocycles. The van der Waals surface area contributed by atoms with Crippen molar-refractivity contribution in [3.63, 3.8) is 0 Å². The van der Waals surface area contributed by atoms with Gasteiger partial charge in [-0.05, 0) is 37.5 Å². The van der Waals surface area contributed by atoms with Crippen LogP contribution in [0.15, 0.2) is 58.3 Å². The molecule has 7 nitrogen and oxygen atoms in total. The molecule has 7 heteroatoms. The third-order valence-electron chi connectivity index (χ3n) is 6.26. The van der Waals surface area contributed by atoms with Crippen LogP contribution in [0.1, 0.15) is 42.9 Å². The summed E-state index contributed by atoms with van der Waals surface area (Å²) in [5.74, 6) is 0.125. The Bertz CT molecular complexity index is 1150. The lowest BCUT2D eigenvalue weighted by Crippen LogP contribution is -2.45. The van der Waals surface area contributed by atoms with Gasteiger partial charge in [-0.2, -0.15) is 5.10 Å².